The fraction of sp³-hybridized carbons (Fsp3) is 0.392. The molecule has 0 unspecified atom stereocenters. The number of hydrogen-bond donors (Lipinski definition) is 3. The van der Waals surface area contributed by atoms with Crippen LogP contribution in [0.3, 0.4) is 0 Å². The number of ether oxygens (including phenoxy) is 2. The monoisotopic (exact) mass is 979 g/mol. The number of halogens is 2. The molecule has 0 saturated carbocycles. The van der Waals surface area contributed by atoms with E-state index in [0.717, 1.165) is 41.4 Å². The molecule has 18 heteroatoms. The van der Waals surface area contributed by atoms with Gasteiger partial charge in [-0.25, -0.2) is 0 Å². The van der Waals surface area contributed by atoms with E-state index in [-0.39, 0.29) is 50.8 Å². The van der Waals surface area contributed by atoms with Gasteiger partial charge in [0.05, 0.1) is 25.6 Å². The minimum Gasteiger partial charge on any atom is -0.457 e. The highest BCUT2D eigenvalue weighted by molar-refractivity contribution is 6.31. The lowest BCUT2D eigenvalue weighted by Gasteiger charge is -2.35. The van der Waals surface area contributed by atoms with Crippen molar-refractivity contribution in [3.8, 4) is 22.9 Å². The van der Waals surface area contributed by atoms with E-state index in [4.69, 9.17) is 32.7 Å². The minimum absolute atomic E-state index is 0.0739. The van der Waals surface area contributed by atoms with E-state index in [1.54, 1.807) is 56.3 Å². The average molecular weight is 981 g/mol. The van der Waals surface area contributed by atoms with Gasteiger partial charge in [-0.2, -0.15) is 0 Å². The van der Waals surface area contributed by atoms with Crippen molar-refractivity contribution in [1.82, 2.24) is 45.4 Å². The third-order valence-corrected chi connectivity index (χ3v) is 13.3. The number of likely N-dealkylation sites (N-methyl/N-ethyl adjacent to an activating group) is 2. The topological polar surface area (TPSA) is 180 Å². The first-order chi connectivity index (χ1) is 33.2. The van der Waals surface area contributed by atoms with Gasteiger partial charge in [0.15, 0.2) is 5.82 Å². The van der Waals surface area contributed by atoms with Gasteiger partial charge < -0.3 is 44.7 Å². The van der Waals surface area contributed by atoms with Crippen LogP contribution in [0.15, 0.2) is 97.1 Å². The molecule has 1 saturated heterocycles. The summed E-state index contributed by atoms with van der Waals surface area (Å²) < 4.78 is 14.0. The van der Waals surface area contributed by atoms with E-state index in [2.05, 4.69) is 30.7 Å². The van der Waals surface area contributed by atoms with E-state index in [0.29, 0.717) is 40.1 Å². The number of fused-ring (bicyclic) bond motifs is 1. The summed E-state index contributed by atoms with van der Waals surface area (Å²) in [7, 11) is 4.65. The zero-order valence-electron chi connectivity index (χ0n) is 39.5. The largest absolute Gasteiger partial charge is 0.457 e. The van der Waals surface area contributed by atoms with Gasteiger partial charge >= 0.3 is 0 Å². The minimum atomic E-state index is -1.19. The van der Waals surface area contributed by atoms with Crippen LogP contribution >= 0.6 is 23.2 Å². The molecule has 0 radical (unpaired) electrons. The molecule has 1 aromatic heterocycles. The van der Waals surface area contributed by atoms with Crippen molar-refractivity contribution < 1.29 is 33.4 Å². The Balaban J connectivity index is 1.22. The SMILES string of the molecule is COC[C@@H]1NC(=O)[C@H](C)N(Cc2ccc(Cl)cc2Oc2ccc(-c3nnc4n3CCNC4)cc2)C(=O)C[C@@H](Cc2ccccc2)C(=O)N(C)[C@@H](C)CNC(=O)C[C@H](Cc2ccc(Cl)cc2)N(C)C1=O. The van der Waals surface area contributed by atoms with Gasteiger partial charge in [-0.05, 0) is 86.3 Å². The Morgan fingerprint density at radius 2 is 1.49 bits per heavy atom. The van der Waals surface area contributed by atoms with E-state index >= 15 is 4.79 Å². The summed E-state index contributed by atoms with van der Waals surface area (Å²) in [5.74, 6) is -0.680. The number of benzene rings is 4. The predicted octanol–water partition coefficient (Wildman–Crippen LogP) is 5.68. The number of aromatic nitrogens is 3. The second-order valence-electron chi connectivity index (χ2n) is 17.7. The van der Waals surface area contributed by atoms with Crippen LogP contribution in [0, 0.1) is 5.92 Å². The molecule has 3 N–H and O–H groups in total. The third kappa shape index (κ3) is 12.9. The van der Waals surface area contributed by atoms with Crippen molar-refractivity contribution in [2.75, 3.05) is 40.9 Å². The third-order valence-electron chi connectivity index (χ3n) is 12.8. The van der Waals surface area contributed by atoms with Gasteiger partial charge in [0.2, 0.25) is 29.5 Å². The lowest BCUT2D eigenvalue weighted by atomic mass is 9.93. The molecule has 5 amide bonds. The number of nitrogens with one attached hydrogen (secondary N) is 3. The molecule has 364 valence electrons. The Morgan fingerprint density at radius 3 is 2.22 bits per heavy atom. The summed E-state index contributed by atoms with van der Waals surface area (Å²) in [6, 6.07) is 25.5. The van der Waals surface area contributed by atoms with Gasteiger partial charge in [0, 0.05) is 86.9 Å². The number of rotatable bonds is 11. The molecule has 2 aliphatic rings. The fourth-order valence-corrected chi connectivity index (χ4v) is 8.87. The van der Waals surface area contributed by atoms with Crippen molar-refractivity contribution in [3.05, 3.63) is 130 Å². The molecule has 0 spiro atoms. The standard InChI is InChI=1S/C51H59Cl2N9O7/c1-32-28-55-46(63)27-41(24-35-11-16-39(52)17-12-35)60(4)51(67)43(31-68-5)56-49(65)33(2)62(47(64)25-38(50(66)59(32)3)23-34-9-7-6-8-10-34)30-37-13-18-40(53)26-44(37)69-42-19-14-36(15-20-42)48-58-57-45-29-54-21-22-61(45)48/h6-20,26,32-33,38,41,43,54H,21-25,27-31H2,1-5H3,(H,55,63)(H,56,65)/t32-,33-,38+,41-,43-/m0/s1. The Kier molecular flexibility index (Phi) is 17.1. The van der Waals surface area contributed by atoms with Gasteiger partial charge in [-0.15, -0.1) is 10.2 Å². The maximum atomic E-state index is 15.0. The first kappa shape index (κ1) is 50.5. The van der Waals surface area contributed by atoms with Crippen molar-refractivity contribution in [1.29, 1.82) is 0 Å². The normalized spacial score (nSPS) is 21.3. The van der Waals surface area contributed by atoms with Crippen molar-refractivity contribution in [2.45, 2.75) is 83.3 Å². The number of methoxy groups -OCH3 is 1. The summed E-state index contributed by atoms with van der Waals surface area (Å²) >= 11 is 12.8. The highest BCUT2D eigenvalue weighted by Gasteiger charge is 2.36. The van der Waals surface area contributed by atoms with Gasteiger partial charge in [-0.3, -0.25) is 24.0 Å². The Hall–Kier alpha value is -6.33. The molecule has 2 aliphatic heterocycles. The van der Waals surface area contributed by atoms with Gasteiger partial charge in [0.1, 0.15) is 29.4 Å². The summed E-state index contributed by atoms with van der Waals surface area (Å²) in [6.07, 6.45) is 0.186. The number of hydrogen-bond acceptors (Lipinski definition) is 10. The summed E-state index contributed by atoms with van der Waals surface area (Å²) in [4.78, 5) is 76.7. The second-order valence-corrected chi connectivity index (χ2v) is 18.6. The predicted molar refractivity (Wildman–Crippen MR) is 262 cm³/mol. The average Bonchev–Trinajstić information content (AvgIpc) is 3.79. The number of amides is 5. The zero-order chi connectivity index (χ0) is 49.2. The van der Waals surface area contributed by atoms with E-state index in [1.165, 1.54) is 16.9 Å². The van der Waals surface area contributed by atoms with Crippen LogP contribution in [0.4, 0.5) is 0 Å². The van der Waals surface area contributed by atoms with Crippen LogP contribution in [0.25, 0.3) is 11.4 Å². The molecule has 1 fully saturated rings. The summed E-state index contributed by atoms with van der Waals surface area (Å²) in [6.45, 7) is 5.39. The van der Waals surface area contributed by atoms with Crippen LogP contribution in [0.2, 0.25) is 10.0 Å². The Labute approximate surface area is 412 Å². The van der Waals surface area contributed by atoms with Crippen molar-refractivity contribution in [3.63, 3.8) is 0 Å². The first-order valence-electron chi connectivity index (χ1n) is 23.1. The van der Waals surface area contributed by atoms with Crippen LogP contribution in [0.1, 0.15) is 49.2 Å². The van der Waals surface area contributed by atoms with Crippen LogP contribution in [-0.2, 0) is 61.2 Å². The highest BCUT2D eigenvalue weighted by atomic mass is 35.5. The number of nitrogens with zero attached hydrogens (tertiary/aromatic N) is 6. The fourth-order valence-electron chi connectivity index (χ4n) is 8.59. The smallest absolute Gasteiger partial charge is 0.247 e. The second kappa shape index (κ2) is 23.3. The summed E-state index contributed by atoms with van der Waals surface area (Å²) in [5.41, 5.74) is 3.07. The lowest BCUT2D eigenvalue weighted by molar-refractivity contribution is -0.147. The molecule has 5 atom stereocenters. The van der Waals surface area contributed by atoms with Crippen molar-refractivity contribution in [2.24, 2.45) is 5.92 Å². The molecular weight excluding hydrogens is 922 g/mol. The molecule has 5 aromatic rings. The first-order valence-corrected chi connectivity index (χ1v) is 23.8. The van der Waals surface area contributed by atoms with E-state index in [1.807, 2.05) is 73.7 Å². The van der Waals surface area contributed by atoms with Gasteiger partial charge in [0.25, 0.3) is 0 Å². The molecule has 0 aliphatic carbocycles. The lowest BCUT2D eigenvalue weighted by Crippen LogP contribution is -2.57. The number of carbonyl (C=O) groups is 5. The molecule has 0 bridgehead atoms. The number of carbonyl (C=O) groups excluding carboxylic acids is 5. The molecule has 16 nitrogen and oxygen atoms in total. The van der Waals surface area contributed by atoms with Crippen LogP contribution < -0.4 is 20.7 Å². The molecule has 3 heterocycles. The van der Waals surface area contributed by atoms with Gasteiger partial charge in [-0.1, -0.05) is 71.7 Å². The maximum absolute atomic E-state index is 15.0. The van der Waals surface area contributed by atoms with E-state index < -0.39 is 47.8 Å². The maximum Gasteiger partial charge on any atom is 0.247 e. The molecule has 7 rings (SSSR count). The Morgan fingerprint density at radius 1 is 0.783 bits per heavy atom. The zero-order valence-corrected chi connectivity index (χ0v) is 41.0. The molecular formula is C51H59Cl2N9O7. The molecule has 69 heavy (non-hydrogen) atoms. The summed E-state index contributed by atoms with van der Waals surface area (Å²) in [5, 5.41) is 18.8. The van der Waals surface area contributed by atoms with Crippen LogP contribution in [0.5, 0.6) is 11.5 Å². The van der Waals surface area contributed by atoms with E-state index in [9.17, 15) is 19.2 Å². The quantitative estimate of drug-likeness (QED) is 0.149. The Bertz CT molecular complexity index is 2600. The highest BCUT2D eigenvalue weighted by Crippen LogP contribution is 2.32. The molecule has 4 aromatic carbocycles. The van der Waals surface area contributed by atoms with Crippen LogP contribution in [-0.4, -0.2) is 124 Å². The van der Waals surface area contributed by atoms with Crippen molar-refractivity contribution >= 4 is 52.7 Å².